The molecule has 4 heteroatoms. The van der Waals surface area contributed by atoms with Crippen molar-refractivity contribution in [3.05, 3.63) is 34.8 Å². The highest BCUT2D eigenvalue weighted by Gasteiger charge is 2.12. The summed E-state index contributed by atoms with van der Waals surface area (Å²) in [6.45, 7) is 7.49. The van der Waals surface area contributed by atoms with Crippen LogP contribution in [-0.4, -0.2) is 18.1 Å². The van der Waals surface area contributed by atoms with E-state index in [1.54, 1.807) is 18.4 Å². The number of rotatable bonds is 7. The van der Waals surface area contributed by atoms with Gasteiger partial charge >= 0.3 is 0 Å². The van der Waals surface area contributed by atoms with Gasteiger partial charge < -0.3 is 10.1 Å². The van der Waals surface area contributed by atoms with Crippen LogP contribution in [-0.2, 0) is 13.0 Å². The standard InChI is InChI=1S/C17H24N2OS/c1-5-12(3)18-11-16-15(6-2)19-17(21-16)13-8-7-9-14(10-13)20-4/h7-10,12,18H,5-6,11H2,1-4H3. The summed E-state index contributed by atoms with van der Waals surface area (Å²) in [4.78, 5) is 6.14. The fraction of sp³-hybridized carbons (Fsp3) is 0.471. The largest absolute Gasteiger partial charge is 0.497 e. The third-order valence-electron chi connectivity index (χ3n) is 3.65. The van der Waals surface area contributed by atoms with E-state index in [-0.39, 0.29) is 0 Å². The van der Waals surface area contributed by atoms with E-state index >= 15 is 0 Å². The summed E-state index contributed by atoms with van der Waals surface area (Å²) in [7, 11) is 1.69. The van der Waals surface area contributed by atoms with E-state index in [1.807, 2.05) is 18.2 Å². The molecule has 1 N–H and O–H groups in total. The highest BCUT2D eigenvalue weighted by Crippen LogP contribution is 2.30. The number of hydrogen-bond acceptors (Lipinski definition) is 4. The first-order valence-electron chi connectivity index (χ1n) is 7.54. The molecule has 0 amide bonds. The normalized spacial score (nSPS) is 12.4. The van der Waals surface area contributed by atoms with Gasteiger partial charge in [0.15, 0.2) is 0 Å². The second-order valence-electron chi connectivity index (χ2n) is 5.16. The molecule has 0 spiro atoms. The number of benzene rings is 1. The molecule has 0 aliphatic heterocycles. The Morgan fingerprint density at radius 1 is 1.33 bits per heavy atom. The van der Waals surface area contributed by atoms with Crippen molar-refractivity contribution in [2.24, 2.45) is 0 Å². The highest BCUT2D eigenvalue weighted by atomic mass is 32.1. The lowest BCUT2D eigenvalue weighted by molar-refractivity contribution is 0.415. The number of thiazole rings is 1. The van der Waals surface area contributed by atoms with Crippen molar-refractivity contribution in [1.82, 2.24) is 10.3 Å². The zero-order valence-electron chi connectivity index (χ0n) is 13.3. The molecule has 1 unspecified atom stereocenters. The Hall–Kier alpha value is -1.39. The highest BCUT2D eigenvalue weighted by molar-refractivity contribution is 7.15. The van der Waals surface area contributed by atoms with Crippen molar-refractivity contribution in [1.29, 1.82) is 0 Å². The predicted molar refractivity (Wildman–Crippen MR) is 90.1 cm³/mol. The van der Waals surface area contributed by atoms with Gasteiger partial charge in [0.05, 0.1) is 12.8 Å². The molecule has 1 atom stereocenters. The van der Waals surface area contributed by atoms with Crippen LogP contribution in [0.4, 0.5) is 0 Å². The second-order valence-corrected chi connectivity index (χ2v) is 6.25. The smallest absolute Gasteiger partial charge is 0.124 e. The lowest BCUT2D eigenvalue weighted by Gasteiger charge is -2.10. The average molecular weight is 304 g/mol. The van der Waals surface area contributed by atoms with Gasteiger partial charge in [-0.3, -0.25) is 0 Å². The fourth-order valence-corrected chi connectivity index (χ4v) is 3.19. The maximum atomic E-state index is 5.30. The molecule has 3 nitrogen and oxygen atoms in total. The maximum absolute atomic E-state index is 5.30. The van der Waals surface area contributed by atoms with E-state index in [0.717, 1.165) is 35.7 Å². The van der Waals surface area contributed by atoms with Crippen LogP contribution in [0.25, 0.3) is 10.6 Å². The molecule has 114 valence electrons. The van der Waals surface area contributed by atoms with Gasteiger partial charge in [-0.05, 0) is 31.9 Å². The molecule has 1 aromatic heterocycles. The van der Waals surface area contributed by atoms with Gasteiger partial charge in [0.1, 0.15) is 10.8 Å². The number of aryl methyl sites for hydroxylation is 1. The van der Waals surface area contributed by atoms with Crippen LogP contribution in [0.3, 0.4) is 0 Å². The molecule has 0 saturated heterocycles. The van der Waals surface area contributed by atoms with Gasteiger partial charge in [-0.25, -0.2) is 4.98 Å². The van der Waals surface area contributed by atoms with Gasteiger partial charge in [0.2, 0.25) is 0 Å². The number of hydrogen-bond donors (Lipinski definition) is 1. The summed E-state index contributed by atoms with van der Waals surface area (Å²) in [6, 6.07) is 8.65. The van der Waals surface area contributed by atoms with Crippen molar-refractivity contribution in [3.8, 4) is 16.3 Å². The lowest BCUT2D eigenvalue weighted by Crippen LogP contribution is -2.24. The summed E-state index contributed by atoms with van der Waals surface area (Å²) in [5, 5.41) is 4.63. The molecular formula is C17H24N2OS. The molecule has 0 radical (unpaired) electrons. The minimum absolute atomic E-state index is 0.539. The third-order valence-corrected chi connectivity index (χ3v) is 4.80. The fourth-order valence-electron chi connectivity index (χ4n) is 2.09. The van der Waals surface area contributed by atoms with Gasteiger partial charge in [-0.15, -0.1) is 11.3 Å². The molecule has 21 heavy (non-hydrogen) atoms. The van der Waals surface area contributed by atoms with Crippen LogP contribution in [0.15, 0.2) is 24.3 Å². The Bertz CT molecular complexity index is 580. The quantitative estimate of drug-likeness (QED) is 0.829. The second kappa shape index (κ2) is 7.57. The van der Waals surface area contributed by atoms with Crippen molar-refractivity contribution < 1.29 is 4.74 Å². The van der Waals surface area contributed by atoms with E-state index < -0.39 is 0 Å². The SMILES string of the molecule is CCc1nc(-c2cccc(OC)c2)sc1CNC(C)CC. The van der Waals surface area contributed by atoms with E-state index in [2.05, 4.69) is 32.2 Å². The van der Waals surface area contributed by atoms with Crippen LogP contribution in [0, 0.1) is 0 Å². The third kappa shape index (κ3) is 4.05. The first-order chi connectivity index (χ1) is 10.2. The van der Waals surface area contributed by atoms with Crippen LogP contribution in [0.1, 0.15) is 37.8 Å². The molecule has 0 saturated carbocycles. The van der Waals surface area contributed by atoms with Gasteiger partial charge in [-0.2, -0.15) is 0 Å². The molecular weight excluding hydrogens is 280 g/mol. The monoisotopic (exact) mass is 304 g/mol. The number of methoxy groups -OCH3 is 1. The molecule has 0 aliphatic rings. The first kappa shape index (κ1) is 16.0. The van der Waals surface area contributed by atoms with Crippen molar-refractivity contribution in [2.75, 3.05) is 7.11 Å². The lowest BCUT2D eigenvalue weighted by atomic mass is 10.2. The minimum atomic E-state index is 0.539. The van der Waals surface area contributed by atoms with Crippen LogP contribution < -0.4 is 10.1 Å². The van der Waals surface area contributed by atoms with Gasteiger partial charge in [0.25, 0.3) is 0 Å². The van der Waals surface area contributed by atoms with E-state index in [4.69, 9.17) is 9.72 Å². The Morgan fingerprint density at radius 3 is 2.81 bits per heavy atom. The van der Waals surface area contributed by atoms with Crippen molar-refractivity contribution in [3.63, 3.8) is 0 Å². The van der Waals surface area contributed by atoms with E-state index in [0.29, 0.717) is 6.04 Å². The molecule has 0 bridgehead atoms. The summed E-state index contributed by atoms with van der Waals surface area (Å²) in [5.41, 5.74) is 2.33. The minimum Gasteiger partial charge on any atom is -0.497 e. The zero-order valence-corrected chi connectivity index (χ0v) is 14.1. The summed E-state index contributed by atoms with van der Waals surface area (Å²) >= 11 is 1.78. The summed E-state index contributed by atoms with van der Waals surface area (Å²) in [6.07, 6.45) is 2.11. The van der Waals surface area contributed by atoms with Crippen LogP contribution in [0.2, 0.25) is 0 Å². The molecule has 1 heterocycles. The van der Waals surface area contributed by atoms with Crippen molar-refractivity contribution in [2.45, 2.75) is 46.2 Å². The Balaban J connectivity index is 2.22. The Kier molecular flexibility index (Phi) is 5.76. The zero-order chi connectivity index (χ0) is 15.2. The number of ether oxygens (including phenoxy) is 1. The number of nitrogens with zero attached hydrogens (tertiary/aromatic N) is 1. The van der Waals surface area contributed by atoms with Crippen molar-refractivity contribution >= 4 is 11.3 Å². The molecule has 0 fully saturated rings. The van der Waals surface area contributed by atoms with Gasteiger partial charge in [-0.1, -0.05) is 26.0 Å². The van der Waals surface area contributed by atoms with Crippen LogP contribution in [0.5, 0.6) is 5.75 Å². The van der Waals surface area contributed by atoms with E-state index in [9.17, 15) is 0 Å². The number of nitrogens with one attached hydrogen (secondary N) is 1. The number of aromatic nitrogens is 1. The Morgan fingerprint density at radius 2 is 2.14 bits per heavy atom. The molecule has 2 aromatic rings. The Labute approximate surface area is 131 Å². The average Bonchev–Trinajstić information content (AvgIpc) is 2.95. The van der Waals surface area contributed by atoms with Crippen LogP contribution >= 0.6 is 11.3 Å². The summed E-state index contributed by atoms with van der Waals surface area (Å²) in [5.74, 6) is 0.875. The maximum Gasteiger partial charge on any atom is 0.124 e. The van der Waals surface area contributed by atoms with Gasteiger partial charge in [0, 0.05) is 23.0 Å². The van der Waals surface area contributed by atoms with E-state index in [1.165, 1.54) is 10.6 Å². The molecule has 1 aromatic carbocycles. The molecule has 2 rings (SSSR count). The topological polar surface area (TPSA) is 34.1 Å². The molecule has 0 aliphatic carbocycles. The predicted octanol–water partition coefficient (Wildman–Crippen LogP) is 4.27. The first-order valence-corrected chi connectivity index (χ1v) is 8.35. The summed E-state index contributed by atoms with van der Waals surface area (Å²) < 4.78 is 5.30.